The van der Waals surface area contributed by atoms with E-state index >= 15 is 0 Å². The van der Waals surface area contributed by atoms with Crippen LogP contribution in [0, 0.1) is 0 Å². The summed E-state index contributed by atoms with van der Waals surface area (Å²) in [6.07, 6.45) is 37.7. The van der Waals surface area contributed by atoms with Crippen LogP contribution in [0.5, 0.6) is 0 Å². The first kappa shape index (κ1) is 107. The number of nitrogens with zero attached hydrogens (tertiary/aromatic N) is 4. The first-order valence-electron chi connectivity index (χ1n) is 45.9. The minimum Gasteiger partial charge on any atom is -0.468 e. The molecular formula is C106H159ClN6O8. The van der Waals surface area contributed by atoms with Crippen molar-refractivity contribution in [1.82, 2.24) is 24.4 Å². The lowest BCUT2D eigenvalue weighted by Gasteiger charge is -2.32. The highest BCUT2D eigenvalue weighted by atomic mass is 35.5. The predicted octanol–water partition coefficient (Wildman–Crippen LogP) is 24.0. The lowest BCUT2D eigenvalue weighted by molar-refractivity contribution is -0.147. The third kappa shape index (κ3) is 53.2. The normalized spacial score (nSPS) is 13.0. The lowest BCUT2D eigenvalue weighted by Crippen LogP contribution is -2.40. The van der Waals surface area contributed by atoms with Gasteiger partial charge in [0.25, 0.3) is 0 Å². The van der Waals surface area contributed by atoms with Crippen LogP contribution in [0.3, 0.4) is 0 Å². The molecule has 0 heterocycles. The zero-order valence-corrected chi connectivity index (χ0v) is 76.8. The standard InChI is InChI=1S/C32H51NO.C18H21NO2.C18H39NO.C17H21NO.C17H19NO.C4H8ClNO2/c1-3-4-5-6-7-8-9-10-11-12-13-14-21-26-32(34)29(2)33(27-30-22-17-15-18-23-30)28-31-24-19-16-20-25-31;1-15(18(20)21-2)19(13-16-9-5-3-6-10-16)14-17-11-7-4-8-12-17;1-3-4-5-6-7-8-9-10-11-12-13-14-15-16-18(20)17(2)19;2*1-15(14-19)18(12-16-8-4-2-5-9-16)13-17-10-6-3-7-11-17;1-3(6-5)4(7)8-2/h15-20,22-25,29,32,34H,3-14,21,26-28H2,1-2H3;3-12,15H,13-14H2,1-2H3;17-18,20H,3-16,19H2,1-2H3;2-11,15,19H,12-14H2,1H3;2-11,14-15H,12-13H2,1H3;3,6H,1-2H3. The van der Waals surface area contributed by atoms with Gasteiger partial charge in [-0.15, -0.1) is 0 Å². The van der Waals surface area contributed by atoms with Gasteiger partial charge in [-0.2, -0.15) is 0 Å². The minimum absolute atomic E-state index is 0.0765. The summed E-state index contributed by atoms with van der Waals surface area (Å²) in [5.74, 6) is -0.568. The van der Waals surface area contributed by atoms with Crippen LogP contribution in [-0.4, -0.2) is 122 Å². The fraction of sp³-hybridized carbons (Fsp3) is 0.519. The van der Waals surface area contributed by atoms with Gasteiger partial charge in [-0.1, -0.05) is 423 Å². The highest BCUT2D eigenvalue weighted by Crippen LogP contribution is 2.23. The Labute approximate surface area is 738 Å². The maximum Gasteiger partial charge on any atom is 0.323 e. The van der Waals surface area contributed by atoms with Crippen molar-refractivity contribution >= 4 is 30.0 Å². The van der Waals surface area contributed by atoms with E-state index in [-0.39, 0.29) is 61.0 Å². The molecule has 14 nitrogen and oxygen atoms in total. The van der Waals surface area contributed by atoms with E-state index in [1.54, 1.807) is 6.92 Å². The van der Waals surface area contributed by atoms with Gasteiger partial charge in [-0.05, 0) is 111 Å². The number of benzene rings is 8. The molecule has 121 heavy (non-hydrogen) atoms. The molecule has 0 spiro atoms. The number of nitrogens with one attached hydrogen (secondary N) is 1. The van der Waals surface area contributed by atoms with E-state index in [0.29, 0.717) is 13.1 Å². The van der Waals surface area contributed by atoms with Crippen LogP contribution in [0.15, 0.2) is 243 Å². The maximum atomic E-state index is 11.9. The average molecular weight is 1680 g/mol. The molecule has 0 fully saturated rings. The van der Waals surface area contributed by atoms with Gasteiger partial charge in [0.15, 0.2) is 0 Å². The SMILES string of the molecule is CC(C=O)N(Cc1ccccc1)Cc1ccccc1.CC(CO)N(Cc1ccccc1)Cc1ccccc1.CCCCCCCCCCCCCCCC(O)C(C)N.CCCCCCCCCCCCCCCC(O)C(C)N(Cc1ccccc1)Cc1ccccc1.COC(=O)C(C)N(Cc1ccccc1)Cc1ccccc1.COC(=O)C(C)NCl. The number of aliphatic hydroxyl groups is 3. The topological polar surface area (TPSA) is 181 Å². The molecule has 0 aliphatic carbocycles. The number of methoxy groups -OCH3 is 2. The van der Waals surface area contributed by atoms with Crippen molar-refractivity contribution in [2.75, 3.05) is 20.8 Å². The highest BCUT2D eigenvalue weighted by Gasteiger charge is 2.25. The Morgan fingerprint density at radius 2 is 0.587 bits per heavy atom. The minimum atomic E-state index is -0.429. The molecule has 8 rings (SSSR count). The van der Waals surface area contributed by atoms with Gasteiger partial charge in [0.1, 0.15) is 18.4 Å². The number of esters is 2. The molecule has 0 amide bonds. The molecule has 6 N–H and O–H groups in total. The summed E-state index contributed by atoms with van der Waals surface area (Å²) >= 11 is 5.07. The summed E-state index contributed by atoms with van der Waals surface area (Å²) in [6.45, 7) is 22.8. The molecular weight excluding hydrogens is 1520 g/mol. The molecule has 0 radical (unpaired) electrons. The van der Waals surface area contributed by atoms with E-state index in [4.69, 9.17) is 22.2 Å². The van der Waals surface area contributed by atoms with Crippen molar-refractivity contribution < 1.29 is 39.2 Å². The zero-order valence-electron chi connectivity index (χ0n) is 76.1. The molecule has 0 saturated carbocycles. The van der Waals surface area contributed by atoms with Gasteiger partial charge < -0.3 is 35.3 Å². The second-order valence-electron chi connectivity index (χ2n) is 32.8. The molecule has 8 aromatic rings. The van der Waals surface area contributed by atoms with Crippen LogP contribution in [0.2, 0.25) is 0 Å². The molecule has 0 saturated heterocycles. The van der Waals surface area contributed by atoms with E-state index < -0.39 is 6.04 Å². The van der Waals surface area contributed by atoms with Crippen LogP contribution >= 0.6 is 11.8 Å². The smallest absolute Gasteiger partial charge is 0.323 e. The van der Waals surface area contributed by atoms with Gasteiger partial charge in [0.05, 0.1) is 39.1 Å². The van der Waals surface area contributed by atoms with Crippen LogP contribution in [-0.2, 0) is 76.2 Å². The summed E-state index contributed by atoms with van der Waals surface area (Å²) < 4.78 is 9.20. The van der Waals surface area contributed by atoms with Crippen LogP contribution < -0.4 is 10.6 Å². The van der Waals surface area contributed by atoms with E-state index in [1.165, 1.54) is 213 Å². The largest absolute Gasteiger partial charge is 0.468 e. The number of aliphatic hydroxyl groups excluding tert-OH is 3. The zero-order chi connectivity index (χ0) is 88.0. The Morgan fingerprint density at radius 1 is 0.355 bits per heavy atom. The van der Waals surface area contributed by atoms with Crippen molar-refractivity contribution in [3.63, 3.8) is 0 Å². The molecule has 8 aromatic carbocycles. The summed E-state index contributed by atoms with van der Waals surface area (Å²) in [6, 6.07) is 82.3. The number of carbonyl (C=O) groups is 3. The Kier molecular flexibility index (Phi) is 63.7. The molecule has 0 aliphatic heterocycles. The number of nitrogens with two attached hydrogens (primary N) is 1. The molecule has 0 bridgehead atoms. The van der Waals surface area contributed by atoms with Crippen molar-refractivity contribution in [2.24, 2.45) is 5.73 Å². The van der Waals surface area contributed by atoms with Gasteiger partial charge in [0, 0.05) is 70.5 Å². The average Bonchev–Trinajstić information content (AvgIpc) is 0.875. The number of carbonyl (C=O) groups excluding carboxylic acids is 3. The number of rotatable bonds is 55. The molecule has 15 heteroatoms. The Hall–Kier alpha value is -7.70. The van der Waals surface area contributed by atoms with E-state index in [9.17, 15) is 29.7 Å². The summed E-state index contributed by atoms with van der Waals surface area (Å²) in [5.41, 5.74) is 15.6. The number of hydrogen-bond acceptors (Lipinski definition) is 14. The lowest BCUT2D eigenvalue weighted by atomic mass is 10.0. The predicted molar refractivity (Wildman–Crippen MR) is 508 cm³/mol. The van der Waals surface area contributed by atoms with Crippen LogP contribution in [0.25, 0.3) is 0 Å². The summed E-state index contributed by atoms with van der Waals surface area (Å²) in [4.78, 5) is 44.6. The van der Waals surface area contributed by atoms with E-state index in [0.717, 1.165) is 71.2 Å². The highest BCUT2D eigenvalue weighted by molar-refractivity contribution is 6.14. The number of unbranched alkanes of at least 4 members (excludes halogenated alkanes) is 24. The first-order chi connectivity index (χ1) is 58.9. The molecule has 8 unspecified atom stereocenters. The quantitative estimate of drug-likeness (QED) is 0.0105. The number of ether oxygens (including phenoxy) is 2. The molecule has 0 aliphatic rings. The second kappa shape index (κ2) is 71.7. The monoisotopic (exact) mass is 1680 g/mol. The van der Waals surface area contributed by atoms with Crippen LogP contribution in [0.4, 0.5) is 0 Å². The summed E-state index contributed by atoms with van der Waals surface area (Å²) in [5, 5.41) is 30.0. The third-order valence-electron chi connectivity index (χ3n) is 22.2. The van der Waals surface area contributed by atoms with Gasteiger partial charge in [0.2, 0.25) is 0 Å². The summed E-state index contributed by atoms with van der Waals surface area (Å²) in [7, 11) is 2.75. The van der Waals surface area contributed by atoms with E-state index in [2.05, 4.69) is 215 Å². The fourth-order valence-electron chi connectivity index (χ4n) is 14.2. The third-order valence-corrected chi connectivity index (χ3v) is 22.6. The van der Waals surface area contributed by atoms with Crippen LogP contribution in [0.1, 0.15) is 280 Å². The molecule has 8 atom stereocenters. The Bertz CT molecular complexity index is 3490. The van der Waals surface area contributed by atoms with Crippen molar-refractivity contribution in [1.29, 1.82) is 0 Å². The maximum absolute atomic E-state index is 11.9. The van der Waals surface area contributed by atoms with Gasteiger partial charge in [-0.25, -0.2) is 4.84 Å². The Balaban J connectivity index is 0.000000389. The van der Waals surface area contributed by atoms with Crippen molar-refractivity contribution in [3.8, 4) is 0 Å². The van der Waals surface area contributed by atoms with Gasteiger partial charge >= 0.3 is 11.9 Å². The number of halogens is 1. The van der Waals surface area contributed by atoms with Crippen molar-refractivity contribution in [2.45, 2.75) is 336 Å². The number of aldehydes is 1. The van der Waals surface area contributed by atoms with Gasteiger partial charge in [-0.3, -0.25) is 29.2 Å². The number of hydrogen-bond donors (Lipinski definition) is 5. The van der Waals surface area contributed by atoms with Crippen molar-refractivity contribution in [3.05, 3.63) is 287 Å². The Morgan fingerprint density at radius 3 is 0.810 bits per heavy atom. The van der Waals surface area contributed by atoms with E-state index in [1.807, 2.05) is 106 Å². The molecule has 668 valence electrons. The fourth-order valence-corrected chi connectivity index (χ4v) is 14.3. The molecule has 0 aromatic heterocycles. The first-order valence-corrected chi connectivity index (χ1v) is 46.2. The second-order valence-corrected chi connectivity index (χ2v) is 33.0.